The third-order valence-corrected chi connectivity index (χ3v) is 5.96. The van der Waals surface area contributed by atoms with Crippen molar-refractivity contribution < 1.29 is 22.0 Å². The van der Waals surface area contributed by atoms with Gasteiger partial charge in [-0.15, -0.1) is 0 Å². The van der Waals surface area contributed by atoms with E-state index in [0.717, 1.165) is 5.56 Å². The summed E-state index contributed by atoms with van der Waals surface area (Å²) >= 11 is 0. The Morgan fingerprint density at radius 2 is 1.23 bits per heavy atom. The predicted molar refractivity (Wildman–Crippen MR) is 112 cm³/mol. The summed E-state index contributed by atoms with van der Waals surface area (Å²) in [6.07, 6.45) is 3.06. The molecule has 1 aliphatic carbocycles. The molecule has 0 amide bonds. The van der Waals surface area contributed by atoms with Crippen LogP contribution in [0.2, 0.25) is 0 Å². The molecule has 0 radical (unpaired) electrons. The van der Waals surface area contributed by atoms with Gasteiger partial charge >= 0.3 is 0 Å². The van der Waals surface area contributed by atoms with Crippen molar-refractivity contribution in [3.8, 4) is 11.1 Å². The van der Waals surface area contributed by atoms with Gasteiger partial charge in [-0.3, -0.25) is 0 Å². The maximum atomic E-state index is 14.9. The topological polar surface area (TPSA) is 0 Å². The third kappa shape index (κ3) is 3.67. The van der Waals surface area contributed by atoms with Crippen molar-refractivity contribution in [1.29, 1.82) is 0 Å². The molecule has 3 aromatic carbocycles. The Morgan fingerprint density at radius 3 is 1.84 bits per heavy atom. The summed E-state index contributed by atoms with van der Waals surface area (Å²) < 4.78 is 72.4. The van der Waals surface area contributed by atoms with Crippen LogP contribution in [-0.4, -0.2) is 0 Å². The highest BCUT2D eigenvalue weighted by Crippen LogP contribution is 2.36. The number of halogens is 5. The van der Waals surface area contributed by atoms with Gasteiger partial charge in [0, 0.05) is 16.7 Å². The fourth-order valence-corrected chi connectivity index (χ4v) is 4.12. The van der Waals surface area contributed by atoms with E-state index in [9.17, 15) is 22.0 Å². The van der Waals surface area contributed by atoms with Gasteiger partial charge in [0.25, 0.3) is 0 Å². The lowest BCUT2D eigenvalue weighted by molar-refractivity contribution is 0.497. The molecule has 3 aromatic rings. The molecule has 0 saturated carbocycles. The summed E-state index contributed by atoms with van der Waals surface area (Å²) in [5, 5.41) is 0. The summed E-state index contributed by atoms with van der Waals surface area (Å²) in [4.78, 5) is 0. The summed E-state index contributed by atoms with van der Waals surface area (Å²) in [7, 11) is 0. The van der Waals surface area contributed by atoms with Crippen molar-refractivity contribution in [3.63, 3.8) is 0 Å². The average Bonchev–Trinajstić information content (AvgIpc) is 2.77. The highest BCUT2D eigenvalue weighted by molar-refractivity contribution is 5.74. The smallest absolute Gasteiger partial charge is 0.167 e. The minimum absolute atomic E-state index is 0.0147. The maximum Gasteiger partial charge on any atom is 0.167 e. The van der Waals surface area contributed by atoms with Gasteiger partial charge in [-0.1, -0.05) is 44.2 Å². The summed E-state index contributed by atoms with van der Waals surface area (Å²) in [6, 6.07) is 8.74. The minimum Gasteiger partial charge on any atom is -0.206 e. The molecule has 1 aliphatic rings. The van der Waals surface area contributed by atoms with Crippen molar-refractivity contribution in [3.05, 3.63) is 99.4 Å². The molecular weight excluding hydrogens is 407 g/mol. The second-order valence-electron chi connectivity index (χ2n) is 7.72. The monoisotopic (exact) mass is 428 g/mol. The highest BCUT2D eigenvalue weighted by atomic mass is 19.2. The Bertz CT molecular complexity index is 1210. The third-order valence-electron chi connectivity index (χ3n) is 5.96. The molecular formula is C26H21F5. The van der Waals surface area contributed by atoms with Crippen LogP contribution in [-0.2, 0) is 25.7 Å². The molecule has 0 spiro atoms. The summed E-state index contributed by atoms with van der Waals surface area (Å²) in [5.41, 5.74) is 2.48. The minimum atomic E-state index is -1.07. The van der Waals surface area contributed by atoms with Gasteiger partial charge in [0.2, 0.25) is 0 Å². The van der Waals surface area contributed by atoms with Crippen LogP contribution in [0, 0.1) is 29.1 Å². The molecule has 0 heterocycles. The Labute approximate surface area is 178 Å². The zero-order valence-corrected chi connectivity index (χ0v) is 17.3. The van der Waals surface area contributed by atoms with Crippen molar-refractivity contribution >= 4 is 5.57 Å². The molecule has 0 aromatic heterocycles. The normalized spacial score (nSPS) is 13.2. The van der Waals surface area contributed by atoms with Crippen LogP contribution in [0.5, 0.6) is 0 Å². The van der Waals surface area contributed by atoms with Crippen LogP contribution in [0.15, 0.2) is 42.5 Å². The maximum absolute atomic E-state index is 14.9. The van der Waals surface area contributed by atoms with E-state index < -0.39 is 29.1 Å². The van der Waals surface area contributed by atoms with E-state index in [0.29, 0.717) is 36.0 Å². The van der Waals surface area contributed by atoms with E-state index in [2.05, 4.69) is 0 Å². The lowest BCUT2D eigenvalue weighted by atomic mass is 9.85. The molecule has 0 saturated heterocycles. The molecule has 31 heavy (non-hydrogen) atoms. The van der Waals surface area contributed by atoms with Gasteiger partial charge in [-0.2, -0.15) is 0 Å². The number of hydrogen-bond acceptors (Lipinski definition) is 0. The van der Waals surface area contributed by atoms with Crippen molar-refractivity contribution in [2.75, 3.05) is 0 Å². The Morgan fingerprint density at radius 1 is 0.645 bits per heavy atom. The van der Waals surface area contributed by atoms with Gasteiger partial charge in [0.05, 0.1) is 0 Å². The van der Waals surface area contributed by atoms with Gasteiger partial charge in [0.1, 0.15) is 5.82 Å². The fraction of sp³-hybridized carbons (Fsp3) is 0.231. The number of benzene rings is 3. The van der Waals surface area contributed by atoms with E-state index in [4.69, 9.17) is 0 Å². The lowest BCUT2D eigenvalue weighted by Crippen LogP contribution is -2.07. The van der Waals surface area contributed by atoms with Crippen LogP contribution < -0.4 is 0 Å². The van der Waals surface area contributed by atoms with Crippen LogP contribution in [0.4, 0.5) is 22.0 Å². The molecule has 0 nitrogen and oxygen atoms in total. The average molecular weight is 428 g/mol. The highest BCUT2D eigenvalue weighted by Gasteiger charge is 2.22. The van der Waals surface area contributed by atoms with E-state index in [1.807, 2.05) is 0 Å². The van der Waals surface area contributed by atoms with Gasteiger partial charge in [-0.05, 0) is 65.6 Å². The standard InChI is InChI=1S/C26H21F5/c1-3-14-7-9-19(25(30)23(14)28)17-6-5-16-12-21(22(27)13-18(16)11-17)20-10-8-15(4-2)24(29)26(20)31/h6-10,12-13H,3-5,11H2,1-2H3. The lowest BCUT2D eigenvalue weighted by Gasteiger charge is -2.20. The number of fused-ring (bicyclic) bond motifs is 1. The van der Waals surface area contributed by atoms with Crippen LogP contribution in [0.1, 0.15) is 41.7 Å². The number of hydrogen-bond donors (Lipinski definition) is 0. The van der Waals surface area contributed by atoms with E-state index >= 15 is 0 Å². The quantitative estimate of drug-likeness (QED) is 0.381. The van der Waals surface area contributed by atoms with Crippen molar-refractivity contribution in [1.82, 2.24) is 0 Å². The second-order valence-corrected chi connectivity index (χ2v) is 7.72. The molecule has 0 atom stereocenters. The molecule has 0 bridgehead atoms. The van der Waals surface area contributed by atoms with Crippen molar-refractivity contribution in [2.45, 2.75) is 39.5 Å². The van der Waals surface area contributed by atoms with Gasteiger partial charge in [0.15, 0.2) is 23.3 Å². The van der Waals surface area contributed by atoms with Gasteiger partial charge in [-0.25, -0.2) is 22.0 Å². The largest absolute Gasteiger partial charge is 0.206 e. The van der Waals surface area contributed by atoms with Gasteiger partial charge < -0.3 is 0 Å². The Hall–Kier alpha value is -2.95. The first kappa shape index (κ1) is 21.3. The Kier molecular flexibility index (Phi) is 5.69. The first-order valence-corrected chi connectivity index (χ1v) is 10.3. The predicted octanol–water partition coefficient (Wildman–Crippen LogP) is 7.36. The number of allylic oxidation sites excluding steroid dienone is 2. The van der Waals surface area contributed by atoms with Crippen molar-refractivity contribution in [2.24, 2.45) is 0 Å². The van der Waals surface area contributed by atoms with E-state index in [1.165, 1.54) is 24.3 Å². The first-order chi connectivity index (χ1) is 14.8. The molecule has 160 valence electrons. The molecule has 0 unspecified atom stereocenters. The molecule has 0 aliphatic heterocycles. The number of rotatable bonds is 4. The molecule has 4 rings (SSSR count). The second kappa shape index (κ2) is 8.29. The zero-order valence-electron chi connectivity index (χ0n) is 17.3. The SMILES string of the molecule is CCc1ccc(C2=CCc3cc(-c4ccc(CC)c(F)c4F)c(F)cc3C2)c(F)c1F. The van der Waals surface area contributed by atoms with Crippen LogP contribution in [0.3, 0.4) is 0 Å². The summed E-state index contributed by atoms with van der Waals surface area (Å²) in [5.74, 6) is -4.48. The zero-order chi connectivity index (χ0) is 22.3. The van der Waals surface area contributed by atoms with E-state index in [1.54, 1.807) is 32.1 Å². The number of aryl methyl sites for hydroxylation is 2. The van der Waals surface area contributed by atoms with Crippen LogP contribution in [0.25, 0.3) is 16.7 Å². The Balaban J connectivity index is 1.72. The molecule has 5 heteroatoms. The first-order valence-electron chi connectivity index (χ1n) is 10.3. The molecule has 0 N–H and O–H groups in total. The van der Waals surface area contributed by atoms with E-state index in [-0.39, 0.29) is 28.7 Å². The summed E-state index contributed by atoms with van der Waals surface area (Å²) in [6.45, 7) is 3.46. The fourth-order valence-electron chi connectivity index (χ4n) is 4.12. The molecule has 0 fully saturated rings. The van der Waals surface area contributed by atoms with Crippen LogP contribution >= 0.6 is 0 Å².